The highest BCUT2D eigenvalue weighted by atomic mass is 32.2. The van der Waals surface area contributed by atoms with Crippen LogP contribution in [-0.4, -0.2) is 42.9 Å². The van der Waals surface area contributed by atoms with Crippen LogP contribution in [0.4, 0.5) is 0 Å². The Morgan fingerprint density at radius 2 is 2.00 bits per heavy atom. The molecule has 0 aromatic rings. The molecule has 0 rings (SSSR count). The molecule has 0 aromatic carbocycles. The average molecular weight is 293 g/mol. The molecule has 0 aliphatic heterocycles. The molecule has 0 aliphatic carbocycles. The zero-order valence-corrected chi connectivity index (χ0v) is 12.6. The van der Waals surface area contributed by atoms with Gasteiger partial charge in [0.2, 0.25) is 5.91 Å². The number of carbonyl (C=O) groups is 1. The highest BCUT2D eigenvalue weighted by Crippen LogP contribution is 2.14. The Morgan fingerprint density at radius 3 is 2.37 bits per heavy atom. The lowest BCUT2D eigenvalue weighted by molar-refractivity contribution is -0.123. The lowest BCUT2D eigenvalue weighted by Gasteiger charge is -2.24. The van der Waals surface area contributed by atoms with Gasteiger partial charge in [-0.2, -0.15) is 0 Å². The Morgan fingerprint density at radius 1 is 1.47 bits per heavy atom. The zero-order chi connectivity index (χ0) is 15.3. The van der Waals surface area contributed by atoms with Gasteiger partial charge in [0.1, 0.15) is 0 Å². The number of carbonyl (C=O) groups excluding carboxylic acids is 1. The largest absolute Gasteiger partial charge is 0.409 e. The van der Waals surface area contributed by atoms with E-state index in [0.717, 1.165) is 6.26 Å². The van der Waals surface area contributed by atoms with Crippen molar-refractivity contribution in [3.8, 4) is 0 Å². The van der Waals surface area contributed by atoms with Crippen LogP contribution in [0.1, 0.15) is 33.6 Å². The smallest absolute Gasteiger partial charge is 0.230 e. The van der Waals surface area contributed by atoms with Gasteiger partial charge in [-0.25, -0.2) is 8.42 Å². The highest BCUT2D eigenvalue weighted by molar-refractivity contribution is 7.92. The molecule has 0 radical (unpaired) electrons. The molecule has 0 bridgehead atoms. The van der Waals surface area contributed by atoms with Gasteiger partial charge >= 0.3 is 0 Å². The summed E-state index contributed by atoms with van der Waals surface area (Å²) in [5.74, 6) is -1.35. The summed E-state index contributed by atoms with van der Waals surface area (Å²) in [5.41, 5.74) is 5.45. The van der Waals surface area contributed by atoms with Gasteiger partial charge in [0.25, 0.3) is 0 Å². The van der Waals surface area contributed by atoms with Crippen LogP contribution in [-0.2, 0) is 14.6 Å². The van der Waals surface area contributed by atoms with Gasteiger partial charge in [0.15, 0.2) is 15.7 Å². The Bertz CT molecular complexity index is 443. The lowest BCUT2D eigenvalue weighted by atomic mass is 10.0. The van der Waals surface area contributed by atoms with E-state index in [1.165, 1.54) is 13.8 Å². The molecule has 1 amide bonds. The molecule has 0 spiro atoms. The second-order valence-electron chi connectivity index (χ2n) is 5.12. The molecule has 1 atom stereocenters. The van der Waals surface area contributed by atoms with E-state index in [1.807, 2.05) is 6.92 Å². The average Bonchev–Trinajstić information content (AvgIpc) is 2.30. The number of nitrogens with two attached hydrogens (primary N) is 1. The SMILES string of the molecule is CCCC(C(=O)NCC(C)(C)S(C)(=O)=O)C(N)=NO. The minimum Gasteiger partial charge on any atom is -0.409 e. The number of rotatable bonds is 7. The highest BCUT2D eigenvalue weighted by Gasteiger charge is 2.32. The number of hydrogen-bond acceptors (Lipinski definition) is 5. The number of hydrogen-bond donors (Lipinski definition) is 3. The number of nitrogens with one attached hydrogen (secondary N) is 1. The van der Waals surface area contributed by atoms with E-state index in [-0.39, 0.29) is 12.4 Å². The van der Waals surface area contributed by atoms with Crippen LogP contribution >= 0.6 is 0 Å². The third kappa shape index (κ3) is 5.06. The maximum Gasteiger partial charge on any atom is 0.230 e. The van der Waals surface area contributed by atoms with Crippen molar-refractivity contribution in [2.24, 2.45) is 16.8 Å². The Balaban J connectivity index is 4.77. The molecule has 112 valence electrons. The molecule has 0 aromatic heterocycles. The first kappa shape index (κ1) is 17.7. The van der Waals surface area contributed by atoms with Crippen LogP contribution in [0, 0.1) is 5.92 Å². The maximum atomic E-state index is 11.9. The minimum absolute atomic E-state index is 0.0242. The third-order valence-corrected chi connectivity index (χ3v) is 5.21. The van der Waals surface area contributed by atoms with Gasteiger partial charge in [-0.05, 0) is 20.3 Å². The predicted molar refractivity (Wildman–Crippen MR) is 73.7 cm³/mol. The fourth-order valence-corrected chi connectivity index (χ4v) is 1.66. The minimum atomic E-state index is -3.29. The standard InChI is InChI=1S/C11H23N3O4S/c1-5-6-8(9(12)14-16)10(15)13-7-11(2,3)19(4,17)18/h8,16H,5-7H2,1-4H3,(H2,12,14)(H,13,15). The first-order chi connectivity index (χ1) is 8.56. The normalized spacial score (nSPS) is 15.1. The van der Waals surface area contributed by atoms with E-state index < -0.39 is 26.4 Å². The van der Waals surface area contributed by atoms with E-state index in [2.05, 4.69) is 10.5 Å². The molecule has 7 nitrogen and oxygen atoms in total. The van der Waals surface area contributed by atoms with E-state index in [1.54, 1.807) is 0 Å². The quantitative estimate of drug-likeness (QED) is 0.266. The van der Waals surface area contributed by atoms with Crippen molar-refractivity contribution in [2.75, 3.05) is 12.8 Å². The molecule has 0 fully saturated rings. The molecule has 0 heterocycles. The molecular formula is C11H23N3O4S. The van der Waals surface area contributed by atoms with Gasteiger partial charge < -0.3 is 16.3 Å². The summed E-state index contributed by atoms with van der Waals surface area (Å²) in [4.78, 5) is 11.9. The van der Waals surface area contributed by atoms with Gasteiger partial charge in [0, 0.05) is 12.8 Å². The summed E-state index contributed by atoms with van der Waals surface area (Å²) in [6.45, 7) is 4.90. The molecular weight excluding hydrogens is 270 g/mol. The molecule has 0 saturated carbocycles. The zero-order valence-electron chi connectivity index (χ0n) is 11.8. The van der Waals surface area contributed by atoms with E-state index in [4.69, 9.17) is 10.9 Å². The van der Waals surface area contributed by atoms with Crippen LogP contribution in [0.15, 0.2) is 5.16 Å². The Labute approximate surface area is 114 Å². The molecule has 8 heteroatoms. The summed E-state index contributed by atoms with van der Waals surface area (Å²) < 4.78 is 22.0. The predicted octanol–water partition coefficient (Wildman–Crippen LogP) is 0.0885. The van der Waals surface area contributed by atoms with Gasteiger partial charge in [0.05, 0.1) is 10.7 Å². The first-order valence-corrected chi connectivity index (χ1v) is 7.90. The van der Waals surface area contributed by atoms with E-state index in [9.17, 15) is 13.2 Å². The second-order valence-corrected chi connectivity index (χ2v) is 7.77. The summed E-state index contributed by atoms with van der Waals surface area (Å²) >= 11 is 0. The third-order valence-electron chi connectivity index (χ3n) is 3.06. The maximum absolute atomic E-state index is 11.9. The van der Waals surface area contributed by atoms with Gasteiger partial charge in [-0.1, -0.05) is 18.5 Å². The number of amides is 1. The lowest BCUT2D eigenvalue weighted by Crippen LogP contribution is -2.47. The fourth-order valence-electron chi connectivity index (χ4n) is 1.33. The Kier molecular flexibility index (Phi) is 6.28. The van der Waals surface area contributed by atoms with Gasteiger partial charge in [-0.15, -0.1) is 0 Å². The molecule has 4 N–H and O–H groups in total. The van der Waals surface area contributed by atoms with Crippen molar-refractivity contribution in [1.29, 1.82) is 0 Å². The monoisotopic (exact) mass is 293 g/mol. The number of amidine groups is 1. The topological polar surface area (TPSA) is 122 Å². The van der Waals surface area contributed by atoms with Gasteiger partial charge in [-0.3, -0.25) is 4.79 Å². The van der Waals surface area contributed by atoms with Crippen LogP contribution in [0.25, 0.3) is 0 Å². The van der Waals surface area contributed by atoms with Crippen molar-refractivity contribution in [3.05, 3.63) is 0 Å². The van der Waals surface area contributed by atoms with E-state index >= 15 is 0 Å². The Hall–Kier alpha value is -1.31. The van der Waals surface area contributed by atoms with Crippen molar-refractivity contribution < 1.29 is 18.4 Å². The number of sulfone groups is 1. The molecule has 1 unspecified atom stereocenters. The molecule has 19 heavy (non-hydrogen) atoms. The van der Waals surface area contributed by atoms with Crippen LogP contribution < -0.4 is 11.1 Å². The van der Waals surface area contributed by atoms with Crippen LogP contribution in [0.5, 0.6) is 0 Å². The molecule has 0 aliphatic rings. The number of nitrogens with zero attached hydrogens (tertiary/aromatic N) is 1. The van der Waals surface area contributed by atoms with Crippen molar-refractivity contribution >= 4 is 21.6 Å². The van der Waals surface area contributed by atoms with Crippen molar-refractivity contribution in [3.63, 3.8) is 0 Å². The van der Waals surface area contributed by atoms with Crippen molar-refractivity contribution in [1.82, 2.24) is 5.32 Å². The van der Waals surface area contributed by atoms with E-state index in [0.29, 0.717) is 12.8 Å². The molecule has 0 saturated heterocycles. The fraction of sp³-hybridized carbons (Fsp3) is 0.818. The van der Waals surface area contributed by atoms with Crippen LogP contribution in [0.3, 0.4) is 0 Å². The summed E-state index contributed by atoms with van der Waals surface area (Å²) in [6.07, 6.45) is 2.23. The second kappa shape index (κ2) is 6.74. The number of oxime groups is 1. The van der Waals surface area contributed by atoms with Crippen molar-refractivity contribution in [2.45, 2.75) is 38.4 Å². The van der Waals surface area contributed by atoms with Crippen LogP contribution in [0.2, 0.25) is 0 Å². The first-order valence-electron chi connectivity index (χ1n) is 6.01. The summed E-state index contributed by atoms with van der Waals surface area (Å²) in [6, 6.07) is 0. The summed E-state index contributed by atoms with van der Waals surface area (Å²) in [7, 11) is -3.29. The summed E-state index contributed by atoms with van der Waals surface area (Å²) in [5, 5.41) is 14.0.